The number of aliphatic carboxylic acids is 1. The molecule has 0 aliphatic carbocycles. The predicted octanol–water partition coefficient (Wildman–Crippen LogP) is 0.376. The minimum atomic E-state index is -0.743. The average Bonchev–Trinajstić information content (AvgIpc) is 2.11. The first-order valence-corrected chi connectivity index (χ1v) is 4.63. The fraction of sp³-hybridized carbons (Fsp3) is 0.889. The van der Waals surface area contributed by atoms with Crippen LogP contribution in [0.25, 0.3) is 0 Å². The molecule has 2 atom stereocenters. The molecule has 78 valence electrons. The summed E-state index contributed by atoms with van der Waals surface area (Å²) in [6.07, 6.45) is 0.910. The molecule has 0 bridgehead atoms. The summed E-state index contributed by atoms with van der Waals surface area (Å²) < 4.78 is 0. The molecule has 0 aromatic rings. The SMILES string of the molecule is CC(C(=O)O)C(C)N(C)CCCN. The zero-order chi connectivity index (χ0) is 10.4. The minimum Gasteiger partial charge on any atom is -0.481 e. The highest BCUT2D eigenvalue weighted by atomic mass is 16.4. The van der Waals surface area contributed by atoms with Gasteiger partial charge < -0.3 is 15.7 Å². The van der Waals surface area contributed by atoms with Gasteiger partial charge in [-0.1, -0.05) is 6.92 Å². The molecular formula is C9H20N2O2. The molecule has 0 aliphatic rings. The maximum atomic E-state index is 10.7. The van der Waals surface area contributed by atoms with Crippen molar-refractivity contribution < 1.29 is 9.90 Å². The quantitative estimate of drug-likeness (QED) is 0.632. The first-order valence-electron chi connectivity index (χ1n) is 4.63. The van der Waals surface area contributed by atoms with Crippen LogP contribution in [0.15, 0.2) is 0 Å². The zero-order valence-corrected chi connectivity index (χ0v) is 8.66. The highest BCUT2D eigenvalue weighted by Gasteiger charge is 2.22. The summed E-state index contributed by atoms with van der Waals surface area (Å²) in [6, 6.07) is 0.0593. The van der Waals surface area contributed by atoms with Crippen LogP contribution in [-0.2, 0) is 4.79 Å². The number of rotatable bonds is 6. The molecule has 0 saturated heterocycles. The molecule has 0 fully saturated rings. The molecule has 0 saturated carbocycles. The van der Waals surface area contributed by atoms with Crippen LogP contribution in [0.1, 0.15) is 20.3 Å². The molecule has 0 aromatic heterocycles. The Morgan fingerprint density at radius 2 is 2.08 bits per heavy atom. The van der Waals surface area contributed by atoms with Gasteiger partial charge in [-0.25, -0.2) is 0 Å². The van der Waals surface area contributed by atoms with Crippen molar-refractivity contribution >= 4 is 5.97 Å². The summed E-state index contributed by atoms with van der Waals surface area (Å²) in [5.74, 6) is -1.07. The molecule has 2 unspecified atom stereocenters. The van der Waals surface area contributed by atoms with Crippen molar-refractivity contribution in [3.05, 3.63) is 0 Å². The summed E-state index contributed by atoms with van der Waals surface area (Å²) in [7, 11) is 1.93. The third kappa shape index (κ3) is 4.24. The van der Waals surface area contributed by atoms with Gasteiger partial charge in [-0.3, -0.25) is 4.79 Å². The Hall–Kier alpha value is -0.610. The Bertz CT molecular complexity index is 162. The van der Waals surface area contributed by atoms with Crippen LogP contribution in [0.4, 0.5) is 0 Å². The first-order chi connectivity index (χ1) is 6.00. The Morgan fingerprint density at radius 3 is 2.46 bits per heavy atom. The van der Waals surface area contributed by atoms with Crippen molar-refractivity contribution in [3.63, 3.8) is 0 Å². The van der Waals surface area contributed by atoms with E-state index in [1.807, 2.05) is 18.9 Å². The lowest BCUT2D eigenvalue weighted by molar-refractivity contribution is -0.143. The van der Waals surface area contributed by atoms with Crippen molar-refractivity contribution in [2.75, 3.05) is 20.1 Å². The smallest absolute Gasteiger partial charge is 0.307 e. The summed E-state index contributed by atoms with van der Waals surface area (Å²) in [5.41, 5.74) is 5.37. The fourth-order valence-corrected chi connectivity index (χ4v) is 1.13. The lowest BCUT2D eigenvalue weighted by Crippen LogP contribution is -2.38. The molecule has 0 heterocycles. The van der Waals surface area contributed by atoms with E-state index in [-0.39, 0.29) is 12.0 Å². The van der Waals surface area contributed by atoms with Gasteiger partial charge in [-0.05, 0) is 33.5 Å². The normalized spacial score (nSPS) is 15.8. The molecular weight excluding hydrogens is 168 g/mol. The van der Waals surface area contributed by atoms with Gasteiger partial charge in [0.1, 0.15) is 0 Å². The van der Waals surface area contributed by atoms with E-state index in [0.29, 0.717) is 6.54 Å². The van der Waals surface area contributed by atoms with E-state index in [1.54, 1.807) is 6.92 Å². The van der Waals surface area contributed by atoms with Crippen LogP contribution in [0, 0.1) is 5.92 Å². The number of nitrogens with zero attached hydrogens (tertiary/aromatic N) is 1. The van der Waals surface area contributed by atoms with E-state index in [2.05, 4.69) is 0 Å². The fourth-order valence-electron chi connectivity index (χ4n) is 1.13. The number of nitrogens with two attached hydrogens (primary N) is 1. The highest BCUT2D eigenvalue weighted by Crippen LogP contribution is 2.09. The van der Waals surface area contributed by atoms with Gasteiger partial charge in [0.05, 0.1) is 5.92 Å². The summed E-state index contributed by atoms with van der Waals surface area (Å²) in [4.78, 5) is 12.7. The lowest BCUT2D eigenvalue weighted by atomic mass is 10.0. The van der Waals surface area contributed by atoms with Crippen molar-refractivity contribution in [3.8, 4) is 0 Å². The van der Waals surface area contributed by atoms with Gasteiger partial charge in [-0.2, -0.15) is 0 Å². The van der Waals surface area contributed by atoms with Gasteiger partial charge in [0.2, 0.25) is 0 Å². The van der Waals surface area contributed by atoms with E-state index in [1.165, 1.54) is 0 Å². The van der Waals surface area contributed by atoms with Gasteiger partial charge in [0.25, 0.3) is 0 Å². The molecule has 0 amide bonds. The maximum absolute atomic E-state index is 10.7. The molecule has 4 heteroatoms. The van der Waals surface area contributed by atoms with Crippen LogP contribution in [0.2, 0.25) is 0 Å². The topological polar surface area (TPSA) is 66.6 Å². The Labute approximate surface area is 79.7 Å². The largest absolute Gasteiger partial charge is 0.481 e. The number of hydrogen-bond acceptors (Lipinski definition) is 3. The van der Waals surface area contributed by atoms with Crippen LogP contribution in [0.3, 0.4) is 0 Å². The van der Waals surface area contributed by atoms with Crippen LogP contribution >= 0.6 is 0 Å². The number of carbonyl (C=O) groups is 1. The van der Waals surface area contributed by atoms with E-state index in [9.17, 15) is 4.79 Å². The second kappa shape index (κ2) is 5.94. The molecule has 0 aromatic carbocycles. The van der Waals surface area contributed by atoms with Gasteiger partial charge in [-0.15, -0.1) is 0 Å². The van der Waals surface area contributed by atoms with Gasteiger partial charge in [0.15, 0.2) is 0 Å². The highest BCUT2D eigenvalue weighted by molar-refractivity contribution is 5.70. The standard InChI is InChI=1S/C9H20N2O2/c1-7(9(12)13)8(2)11(3)6-4-5-10/h7-8H,4-6,10H2,1-3H3,(H,12,13). The molecule has 0 radical (unpaired) electrons. The molecule has 0 aliphatic heterocycles. The van der Waals surface area contributed by atoms with Gasteiger partial charge >= 0.3 is 5.97 Å². The molecule has 13 heavy (non-hydrogen) atoms. The maximum Gasteiger partial charge on any atom is 0.307 e. The summed E-state index contributed by atoms with van der Waals surface area (Å²) in [5, 5.41) is 8.78. The first kappa shape index (κ1) is 12.4. The average molecular weight is 188 g/mol. The lowest BCUT2D eigenvalue weighted by Gasteiger charge is -2.27. The Kier molecular flexibility index (Phi) is 5.66. The molecule has 4 nitrogen and oxygen atoms in total. The third-order valence-electron chi connectivity index (χ3n) is 2.52. The van der Waals surface area contributed by atoms with Crippen molar-refractivity contribution in [2.24, 2.45) is 11.7 Å². The van der Waals surface area contributed by atoms with E-state index in [4.69, 9.17) is 10.8 Å². The number of carboxylic acid groups (broad SMARTS) is 1. The molecule has 0 rings (SSSR count). The predicted molar refractivity (Wildman–Crippen MR) is 52.6 cm³/mol. The minimum absolute atomic E-state index is 0.0593. The van der Waals surface area contributed by atoms with Crippen molar-refractivity contribution in [2.45, 2.75) is 26.3 Å². The van der Waals surface area contributed by atoms with Crippen LogP contribution < -0.4 is 5.73 Å². The number of hydrogen-bond donors (Lipinski definition) is 2. The molecule has 0 spiro atoms. The third-order valence-corrected chi connectivity index (χ3v) is 2.52. The van der Waals surface area contributed by atoms with E-state index in [0.717, 1.165) is 13.0 Å². The summed E-state index contributed by atoms with van der Waals surface area (Å²) in [6.45, 7) is 5.16. The Morgan fingerprint density at radius 1 is 1.54 bits per heavy atom. The second-order valence-electron chi connectivity index (χ2n) is 3.49. The van der Waals surface area contributed by atoms with E-state index < -0.39 is 5.97 Å². The van der Waals surface area contributed by atoms with Gasteiger partial charge in [0, 0.05) is 6.04 Å². The van der Waals surface area contributed by atoms with E-state index >= 15 is 0 Å². The Balaban J connectivity index is 3.93. The molecule has 3 N–H and O–H groups in total. The monoisotopic (exact) mass is 188 g/mol. The zero-order valence-electron chi connectivity index (χ0n) is 8.66. The van der Waals surface area contributed by atoms with Crippen LogP contribution in [0.5, 0.6) is 0 Å². The van der Waals surface area contributed by atoms with Crippen molar-refractivity contribution in [1.29, 1.82) is 0 Å². The van der Waals surface area contributed by atoms with Crippen LogP contribution in [-0.4, -0.2) is 42.2 Å². The second-order valence-corrected chi connectivity index (χ2v) is 3.49. The summed E-state index contributed by atoms with van der Waals surface area (Å²) >= 11 is 0. The number of carboxylic acids is 1. The van der Waals surface area contributed by atoms with Crippen molar-refractivity contribution in [1.82, 2.24) is 4.90 Å².